The van der Waals surface area contributed by atoms with E-state index >= 15 is 0 Å². The molecule has 1 saturated heterocycles. The molecule has 0 aromatic heterocycles. The Morgan fingerprint density at radius 2 is 2.06 bits per heavy atom. The van der Waals surface area contributed by atoms with Crippen molar-refractivity contribution in [1.29, 1.82) is 0 Å². The van der Waals surface area contributed by atoms with Crippen molar-refractivity contribution in [3.63, 3.8) is 0 Å². The van der Waals surface area contributed by atoms with Crippen LogP contribution in [0.25, 0.3) is 0 Å². The van der Waals surface area contributed by atoms with E-state index in [2.05, 4.69) is 47.9 Å². The molecule has 2 heteroatoms. The number of nitrogens with one attached hydrogen (secondary N) is 2. The van der Waals surface area contributed by atoms with Crippen molar-refractivity contribution < 1.29 is 0 Å². The van der Waals surface area contributed by atoms with Gasteiger partial charge >= 0.3 is 0 Å². The lowest BCUT2D eigenvalue weighted by Gasteiger charge is -2.23. The summed E-state index contributed by atoms with van der Waals surface area (Å²) in [4.78, 5) is 0. The van der Waals surface area contributed by atoms with Crippen LogP contribution < -0.4 is 10.6 Å². The first-order valence-corrected chi connectivity index (χ1v) is 6.37. The Labute approximate surface area is 98.4 Å². The molecule has 0 aliphatic carbocycles. The molecule has 0 saturated carbocycles. The summed E-state index contributed by atoms with van der Waals surface area (Å²) in [5, 5.41) is 7.23. The molecule has 1 heterocycles. The van der Waals surface area contributed by atoms with Crippen molar-refractivity contribution in [2.45, 2.75) is 44.8 Å². The first-order valence-electron chi connectivity index (χ1n) is 6.37. The van der Waals surface area contributed by atoms with Crippen LogP contribution >= 0.6 is 0 Å². The summed E-state index contributed by atoms with van der Waals surface area (Å²) in [6, 6.07) is 11.8. The third-order valence-corrected chi connectivity index (χ3v) is 3.42. The number of hydrogen-bond acceptors (Lipinski definition) is 2. The van der Waals surface area contributed by atoms with Crippen LogP contribution in [-0.4, -0.2) is 18.6 Å². The number of rotatable bonds is 3. The normalized spacial score (nSPS) is 26.3. The Morgan fingerprint density at radius 1 is 1.25 bits per heavy atom. The molecule has 1 aliphatic heterocycles. The summed E-state index contributed by atoms with van der Waals surface area (Å²) in [7, 11) is 0. The maximum absolute atomic E-state index is 3.67. The molecule has 1 fully saturated rings. The van der Waals surface area contributed by atoms with Gasteiger partial charge < -0.3 is 10.6 Å². The molecule has 0 amide bonds. The summed E-state index contributed by atoms with van der Waals surface area (Å²) in [5.41, 5.74) is 1.37. The molecule has 2 unspecified atom stereocenters. The molecular weight excluding hydrogens is 196 g/mol. The summed E-state index contributed by atoms with van der Waals surface area (Å²) in [6.45, 7) is 4.44. The Hall–Kier alpha value is -0.860. The SMILES string of the molecule is CC1NCCCCC1NCc1ccccc1. The molecule has 0 radical (unpaired) electrons. The van der Waals surface area contributed by atoms with E-state index in [1.807, 2.05) is 0 Å². The molecule has 1 aromatic carbocycles. The maximum Gasteiger partial charge on any atom is 0.0221 e. The Bertz CT molecular complexity index is 297. The van der Waals surface area contributed by atoms with Crippen molar-refractivity contribution in [2.75, 3.05) is 6.54 Å². The molecule has 16 heavy (non-hydrogen) atoms. The smallest absolute Gasteiger partial charge is 0.0221 e. The van der Waals surface area contributed by atoms with Gasteiger partial charge in [-0.1, -0.05) is 36.8 Å². The van der Waals surface area contributed by atoms with E-state index in [0.717, 1.165) is 6.54 Å². The average molecular weight is 218 g/mol. The van der Waals surface area contributed by atoms with Crippen LogP contribution in [0.5, 0.6) is 0 Å². The molecule has 2 rings (SSSR count). The fourth-order valence-electron chi connectivity index (χ4n) is 2.33. The van der Waals surface area contributed by atoms with Crippen LogP contribution in [-0.2, 0) is 6.54 Å². The van der Waals surface area contributed by atoms with Gasteiger partial charge in [0.15, 0.2) is 0 Å². The van der Waals surface area contributed by atoms with Gasteiger partial charge in [0.05, 0.1) is 0 Å². The monoisotopic (exact) mass is 218 g/mol. The van der Waals surface area contributed by atoms with Crippen LogP contribution in [0.4, 0.5) is 0 Å². The standard InChI is InChI=1S/C14H22N2/c1-12-14(9-5-6-10-15-12)16-11-13-7-3-2-4-8-13/h2-4,7-8,12,14-16H,5-6,9-11H2,1H3. The minimum absolute atomic E-state index is 0.589. The van der Waals surface area contributed by atoms with Gasteiger partial charge in [-0.15, -0.1) is 0 Å². The largest absolute Gasteiger partial charge is 0.313 e. The molecule has 2 atom stereocenters. The summed E-state index contributed by atoms with van der Waals surface area (Å²) in [5.74, 6) is 0. The fraction of sp³-hybridized carbons (Fsp3) is 0.571. The van der Waals surface area contributed by atoms with Gasteiger partial charge in [-0.05, 0) is 31.9 Å². The second-order valence-corrected chi connectivity index (χ2v) is 4.71. The van der Waals surface area contributed by atoms with E-state index in [-0.39, 0.29) is 0 Å². The highest BCUT2D eigenvalue weighted by molar-refractivity contribution is 5.14. The summed E-state index contributed by atoms with van der Waals surface area (Å²) < 4.78 is 0. The first-order chi connectivity index (χ1) is 7.86. The maximum atomic E-state index is 3.67. The van der Waals surface area contributed by atoms with Crippen LogP contribution in [0, 0.1) is 0 Å². The van der Waals surface area contributed by atoms with Gasteiger partial charge in [-0.3, -0.25) is 0 Å². The van der Waals surface area contributed by atoms with Crippen molar-refractivity contribution in [3.05, 3.63) is 35.9 Å². The van der Waals surface area contributed by atoms with Crippen molar-refractivity contribution >= 4 is 0 Å². The average Bonchev–Trinajstić information content (AvgIpc) is 2.53. The highest BCUT2D eigenvalue weighted by Crippen LogP contribution is 2.10. The van der Waals surface area contributed by atoms with Crippen molar-refractivity contribution in [1.82, 2.24) is 10.6 Å². The quantitative estimate of drug-likeness (QED) is 0.813. The van der Waals surface area contributed by atoms with E-state index in [9.17, 15) is 0 Å². The Morgan fingerprint density at radius 3 is 2.88 bits per heavy atom. The first kappa shape index (κ1) is 11.6. The molecule has 2 N–H and O–H groups in total. The third-order valence-electron chi connectivity index (χ3n) is 3.42. The predicted molar refractivity (Wildman–Crippen MR) is 68.4 cm³/mol. The minimum atomic E-state index is 0.589. The van der Waals surface area contributed by atoms with Gasteiger partial charge in [0.1, 0.15) is 0 Å². The summed E-state index contributed by atoms with van der Waals surface area (Å²) >= 11 is 0. The highest BCUT2D eigenvalue weighted by atomic mass is 15.0. The van der Waals surface area contributed by atoms with Gasteiger partial charge in [0.2, 0.25) is 0 Å². The third kappa shape index (κ3) is 3.32. The zero-order valence-electron chi connectivity index (χ0n) is 10.1. The zero-order valence-corrected chi connectivity index (χ0v) is 10.1. The molecule has 1 aliphatic rings. The Kier molecular flexibility index (Phi) is 4.37. The molecule has 2 nitrogen and oxygen atoms in total. The Balaban J connectivity index is 1.84. The summed E-state index contributed by atoms with van der Waals surface area (Å²) in [6.07, 6.45) is 3.94. The van der Waals surface area contributed by atoms with Gasteiger partial charge in [-0.25, -0.2) is 0 Å². The minimum Gasteiger partial charge on any atom is -0.313 e. The molecule has 88 valence electrons. The van der Waals surface area contributed by atoms with Crippen LogP contribution in [0.2, 0.25) is 0 Å². The van der Waals surface area contributed by atoms with Crippen LogP contribution in [0.1, 0.15) is 31.7 Å². The van der Waals surface area contributed by atoms with Gasteiger partial charge in [0.25, 0.3) is 0 Å². The van der Waals surface area contributed by atoms with Crippen molar-refractivity contribution in [3.8, 4) is 0 Å². The lowest BCUT2D eigenvalue weighted by Crippen LogP contribution is -2.44. The van der Waals surface area contributed by atoms with E-state index in [1.165, 1.54) is 31.4 Å². The van der Waals surface area contributed by atoms with Gasteiger partial charge in [-0.2, -0.15) is 0 Å². The lowest BCUT2D eigenvalue weighted by atomic mass is 10.1. The van der Waals surface area contributed by atoms with E-state index < -0.39 is 0 Å². The van der Waals surface area contributed by atoms with Crippen LogP contribution in [0.3, 0.4) is 0 Å². The molecule has 0 bridgehead atoms. The lowest BCUT2D eigenvalue weighted by molar-refractivity contribution is 0.395. The molecule has 1 aromatic rings. The fourth-order valence-corrected chi connectivity index (χ4v) is 2.33. The van der Waals surface area contributed by atoms with Gasteiger partial charge in [0, 0.05) is 18.6 Å². The molecular formula is C14H22N2. The van der Waals surface area contributed by atoms with E-state index in [4.69, 9.17) is 0 Å². The second kappa shape index (κ2) is 6.02. The van der Waals surface area contributed by atoms with Crippen molar-refractivity contribution in [2.24, 2.45) is 0 Å². The predicted octanol–water partition coefficient (Wildman–Crippen LogP) is 2.31. The van der Waals surface area contributed by atoms with Crippen LogP contribution in [0.15, 0.2) is 30.3 Å². The molecule has 0 spiro atoms. The number of benzene rings is 1. The van der Waals surface area contributed by atoms with E-state index in [1.54, 1.807) is 0 Å². The number of hydrogen-bond donors (Lipinski definition) is 2. The highest BCUT2D eigenvalue weighted by Gasteiger charge is 2.18. The topological polar surface area (TPSA) is 24.1 Å². The van der Waals surface area contributed by atoms with E-state index in [0.29, 0.717) is 12.1 Å². The second-order valence-electron chi connectivity index (χ2n) is 4.71. The zero-order chi connectivity index (χ0) is 11.2.